The summed E-state index contributed by atoms with van der Waals surface area (Å²) < 4.78 is 1.89. The molecular weight excluding hydrogens is 571 g/mol. The average Bonchev–Trinajstić information content (AvgIpc) is 3.28. The van der Waals surface area contributed by atoms with Crippen LogP contribution >= 0.6 is 34.8 Å². The SMILES string of the molecule is CC(=O)N1CCC(C(=O)N2CC[C@@H](N(C)C(=O)c3cc4cc(Cl)ccc4n3C)[C@H](c3ccc(Cl)c(Cl)c3)C2)CC1. The van der Waals surface area contributed by atoms with Gasteiger partial charge in [-0.3, -0.25) is 14.4 Å². The summed E-state index contributed by atoms with van der Waals surface area (Å²) in [6, 6.07) is 12.9. The molecule has 2 fully saturated rings. The van der Waals surface area contributed by atoms with E-state index in [4.69, 9.17) is 34.8 Å². The lowest BCUT2D eigenvalue weighted by Crippen LogP contribution is -2.53. The quantitative estimate of drug-likeness (QED) is 0.376. The van der Waals surface area contributed by atoms with Crippen molar-refractivity contribution in [2.75, 3.05) is 33.2 Å². The van der Waals surface area contributed by atoms with Crippen LogP contribution in [-0.4, -0.2) is 76.3 Å². The Morgan fingerprint density at radius 3 is 2.25 bits per heavy atom. The number of hydrogen-bond acceptors (Lipinski definition) is 3. The Balaban J connectivity index is 1.40. The first-order valence-corrected chi connectivity index (χ1v) is 14.7. The largest absolute Gasteiger partial charge is 0.343 e. The second-order valence-electron chi connectivity index (χ2n) is 10.9. The molecule has 2 aliphatic heterocycles. The Labute approximate surface area is 249 Å². The number of hydrogen-bond donors (Lipinski definition) is 0. The predicted molar refractivity (Wildman–Crippen MR) is 159 cm³/mol. The molecule has 0 saturated carbocycles. The number of fused-ring (bicyclic) bond motifs is 1. The van der Waals surface area contributed by atoms with Crippen LogP contribution in [0.2, 0.25) is 15.1 Å². The van der Waals surface area contributed by atoms with E-state index in [0.29, 0.717) is 66.2 Å². The maximum atomic E-state index is 13.9. The van der Waals surface area contributed by atoms with Crippen molar-refractivity contribution in [1.29, 1.82) is 0 Å². The molecule has 0 aliphatic carbocycles. The number of carbonyl (C=O) groups is 3. The van der Waals surface area contributed by atoms with Crippen molar-refractivity contribution in [2.24, 2.45) is 13.0 Å². The zero-order valence-corrected chi connectivity index (χ0v) is 25.1. The normalized spacial score (nSPS) is 20.1. The molecule has 1 aromatic heterocycles. The minimum Gasteiger partial charge on any atom is -0.343 e. The van der Waals surface area contributed by atoms with E-state index in [-0.39, 0.29) is 35.6 Å². The van der Waals surface area contributed by atoms with Crippen LogP contribution in [-0.2, 0) is 16.6 Å². The number of aryl methyl sites for hydroxylation is 1. The Morgan fingerprint density at radius 2 is 1.57 bits per heavy atom. The topological polar surface area (TPSA) is 65.9 Å². The molecule has 0 spiro atoms. The highest BCUT2D eigenvalue weighted by Gasteiger charge is 2.39. The van der Waals surface area contributed by atoms with Gasteiger partial charge < -0.3 is 19.3 Å². The first-order chi connectivity index (χ1) is 19.0. The summed E-state index contributed by atoms with van der Waals surface area (Å²) >= 11 is 18.8. The van der Waals surface area contributed by atoms with Gasteiger partial charge >= 0.3 is 0 Å². The van der Waals surface area contributed by atoms with Crippen molar-refractivity contribution >= 4 is 63.4 Å². The van der Waals surface area contributed by atoms with E-state index in [1.807, 2.05) is 60.0 Å². The summed E-state index contributed by atoms with van der Waals surface area (Å²) in [6.07, 6.45) is 1.96. The second-order valence-corrected chi connectivity index (χ2v) is 12.2. The van der Waals surface area contributed by atoms with Crippen LogP contribution in [0.5, 0.6) is 0 Å². The third-order valence-corrected chi connectivity index (χ3v) is 9.56. The summed E-state index contributed by atoms with van der Waals surface area (Å²) in [7, 11) is 3.71. The van der Waals surface area contributed by atoms with Crippen molar-refractivity contribution in [3.63, 3.8) is 0 Å². The van der Waals surface area contributed by atoms with Gasteiger partial charge in [-0.25, -0.2) is 0 Å². The second kappa shape index (κ2) is 11.6. The fourth-order valence-electron chi connectivity index (χ4n) is 6.23. The first kappa shape index (κ1) is 28.8. The summed E-state index contributed by atoms with van der Waals surface area (Å²) in [5.74, 6) is -0.188. The highest BCUT2D eigenvalue weighted by atomic mass is 35.5. The number of carbonyl (C=O) groups excluding carboxylic acids is 3. The Hall–Kier alpha value is -2.74. The molecule has 3 aromatic rings. The van der Waals surface area contributed by atoms with Crippen LogP contribution in [0.3, 0.4) is 0 Å². The van der Waals surface area contributed by atoms with Gasteiger partial charge in [0.25, 0.3) is 5.91 Å². The van der Waals surface area contributed by atoms with Gasteiger partial charge in [-0.2, -0.15) is 0 Å². The third-order valence-electron chi connectivity index (χ3n) is 8.59. The number of likely N-dealkylation sites (N-methyl/N-ethyl adjacent to an activating group) is 1. The van der Waals surface area contributed by atoms with Crippen molar-refractivity contribution < 1.29 is 14.4 Å². The number of nitrogens with zero attached hydrogens (tertiary/aromatic N) is 4. The summed E-state index contributed by atoms with van der Waals surface area (Å²) in [5, 5.41) is 2.43. The van der Waals surface area contributed by atoms with E-state index in [0.717, 1.165) is 16.5 Å². The van der Waals surface area contributed by atoms with Gasteiger partial charge in [0.2, 0.25) is 11.8 Å². The molecule has 5 rings (SSSR count). The number of halogens is 3. The highest BCUT2D eigenvalue weighted by Crippen LogP contribution is 2.36. The Morgan fingerprint density at radius 1 is 0.875 bits per heavy atom. The number of aromatic nitrogens is 1. The van der Waals surface area contributed by atoms with Crippen LogP contribution in [0.15, 0.2) is 42.5 Å². The fourth-order valence-corrected chi connectivity index (χ4v) is 6.72. The lowest BCUT2D eigenvalue weighted by Gasteiger charge is -2.44. The van der Waals surface area contributed by atoms with E-state index in [9.17, 15) is 14.4 Å². The molecular formula is C30H33Cl3N4O3. The molecule has 0 unspecified atom stereocenters. The minimum atomic E-state index is -0.157. The maximum absolute atomic E-state index is 13.9. The van der Waals surface area contributed by atoms with Crippen molar-refractivity contribution in [1.82, 2.24) is 19.3 Å². The van der Waals surface area contributed by atoms with E-state index in [2.05, 4.69) is 0 Å². The van der Waals surface area contributed by atoms with E-state index < -0.39 is 0 Å². The molecule has 2 saturated heterocycles. The molecule has 2 aliphatic rings. The minimum absolute atomic E-state index is 0.0494. The van der Waals surface area contributed by atoms with Crippen LogP contribution in [0.4, 0.5) is 0 Å². The third kappa shape index (κ3) is 5.56. The van der Waals surface area contributed by atoms with E-state index >= 15 is 0 Å². The van der Waals surface area contributed by atoms with Gasteiger partial charge in [0, 0.05) is 81.0 Å². The monoisotopic (exact) mass is 602 g/mol. The summed E-state index contributed by atoms with van der Waals surface area (Å²) in [5.41, 5.74) is 2.44. The molecule has 2 aromatic carbocycles. The lowest BCUT2D eigenvalue weighted by molar-refractivity contribution is -0.141. The zero-order chi connectivity index (χ0) is 28.7. The van der Waals surface area contributed by atoms with Crippen LogP contribution in [0.25, 0.3) is 10.9 Å². The van der Waals surface area contributed by atoms with Crippen LogP contribution in [0.1, 0.15) is 48.2 Å². The summed E-state index contributed by atoms with van der Waals surface area (Å²) in [4.78, 5) is 44.8. The molecule has 212 valence electrons. The number of amides is 3. The van der Waals surface area contributed by atoms with Gasteiger partial charge in [0.15, 0.2) is 0 Å². The number of rotatable bonds is 4. The molecule has 3 amide bonds. The first-order valence-electron chi connectivity index (χ1n) is 13.6. The number of likely N-dealkylation sites (tertiary alicyclic amines) is 2. The zero-order valence-electron chi connectivity index (χ0n) is 22.9. The van der Waals surface area contributed by atoms with Crippen molar-refractivity contribution in [3.8, 4) is 0 Å². The molecule has 7 nitrogen and oxygen atoms in total. The average molecular weight is 604 g/mol. The van der Waals surface area contributed by atoms with Gasteiger partial charge in [-0.05, 0) is 61.2 Å². The number of piperidine rings is 2. The standard InChI is InChI=1S/C30H33Cl3N4O3/c1-18(38)36-11-8-19(9-12-36)29(39)37-13-10-27(23(17-37)20-4-6-24(32)25(33)15-20)35(3)30(40)28-16-21-14-22(31)5-7-26(21)34(28)2/h4-7,14-16,19,23,27H,8-13,17H2,1-3H3/t23-,27+/m0/s1. The molecule has 10 heteroatoms. The smallest absolute Gasteiger partial charge is 0.270 e. The maximum Gasteiger partial charge on any atom is 0.270 e. The molecule has 0 bridgehead atoms. The van der Waals surface area contributed by atoms with Gasteiger partial charge in [-0.15, -0.1) is 0 Å². The molecule has 2 atom stereocenters. The van der Waals surface area contributed by atoms with Gasteiger partial charge in [-0.1, -0.05) is 40.9 Å². The Bertz CT molecular complexity index is 1460. The van der Waals surface area contributed by atoms with E-state index in [1.165, 1.54) is 0 Å². The fraction of sp³-hybridized carbons (Fsp3) is 0.433. The number of benzene rings is 2. The van der Waals surface area contributed by atoms with Gasteiger partial charge in [0.1, 0.15) is 5.69 Å². The van der Waals surface area contributed by atoms with E-state index in [1.54, 1.807) is 22.8 Å². The summed E-state index contributed by atoms with van der Waals surface area (Å²) in [6.45, 7) is 3.80. The van der Waals surface area contributed by atoms with Gasteiger partial charge in [0.05, 0.1) is 10.0 Å². The lowest BCUT2D eigenvalue weighted by atomic mass is 9.84. The Kier molecular flexibility index (Phi) is 8.37. The molecule has 40 heavy (non-hydrogen) atoms. The van der Waals surface area contributed by atoms with Crippen molar-refractivity contribution in [2.45, 2.75) is 38.1 Å². The van der Waals surface area contributed by atoms with Crippen LogP contribution < -0.4 is 0 Å². The highest BCUT2D eigenvalue weighted by molar-refractivity contribution is 6.42. The molecule has 3 heterocycles. The molecule has 0 N–H and O–H groups in total. The molecule has 0 radical (unpaired) electrons. The van der Waals surface area contributed by atoms with Crippen molar-refractivity contribution in [3.05, 3.63) is 68.8 Å². The predicted octanol–water partition coefficient (Wildman–Crippen LogP) is 5.85. The van der Waals surface area contributed by atoms with Crippen LogP contribution in [0, 0.1) is 5.92 Å².